The van der Waals surface area contributed by atoms with E-state index < -0.39 is 0 Å². The summed E-state index contributed by atoms with van der Waals surface area (Å²) in [7, 11) is 0. The molecule has 3 rings (SSSR count). The number of rotatable bonds is 3. The number of aromatic hydroxyl groups is 1. The van der Waals surface area contributed by atoms with Crippen molar-refractivity contribution in [1.29, 1.82) is 0 Å². The minimum atomic E-state index is 0.289. The van der Waals surface area contributed by atoms with Gasteiger partial charge in [-0.3, -0.25) is 0 Å². The van der Waals surface area contributed by atoms with Gasteiger partial charge in [-0.25, -0.2) is 0 Å². The maximum atomic E-state index is 9.49. The highest BCUT2D eigenvalue weighted by molar-refractivity contribution is 7.12. The van der Waals surface area contributed by atoms with E-state index in [1.54, 1.807) is 22.6 Å². The molecular weight excluding hydrogens is 254 g/mol. The van der Waals surface area contributed by atoms with E-state index in [9.17, 15) is 5.11 Å². The minimum absolute atomic E-state index is 0.289. The first kappa shape index (κ1) is 12.5. The molecule has 1 aliphatic rings. The molecule has 2 nitrogen and oxygen atoms in total. The lowest BCUT2D eigenvalue weighted by atomic mass is 9.99. The zero-order chi connectivity index (χ0) is 13.2. The Labute approximate surface area is 118 Å². The summed E-state index contributed by atoms with van der Waals surface area (Å²) in [6.07, 6.45) is 5.16. The molecule has 1 unspecified atom stereocenters. The van der Waals surface area contributed by atoms with E-state index in [1.807, 2.05) is 23.5 Å². The van der Waals surface area contributed by atoms with Gasteiger partial charge in [0.25, 0.3) is 0 Å². The van der Waals surface area contributed by atoms with E-state index in [0.29, 0.717) is 5.75 Å². The molecule has 0 saturated heterocycles. The van der Waals surface area contributed by atoms with Crippen LogP contribution in [0.5, 0.6) is 5.75 Å². The van der Waals surface area contributed by atoms with Gasteiger partial charge in [-0.2, -0.15) is 0 Å². The molecular formula is C16H19NOS. The van der Waals surface area contributed by atoms with Gasteiger partial charge in [0, 0.05) is 21.5 Å². The summed E-state index contributed by atoms with van der Waals surface area (Å²) in [5, 5.41) is 13.0. The van der Waals surface area contributed by atoms with Crippen molar-refractivity contribution in [1.82, 2.24) is 0 Å². The molecule has 0 fully saturated rings. The molecule has 0 aliphatic heterocycles. The van der Waals surface area contributed by atoms with E-state index in [4.69, 9.17) is 0 Å². The van der Waals surface area contributed by atoms with Crippen LogP contribution >= 0.6 is 11.3 Å². The van der Waals surface area contributed by atoms with E-state index in [-0.39, 0.29) is 6.04 Å². The number of phenols is 1. The number of aryl methyl sites for hydroxylation is 2. The molecule has 0 amide bonds. The van der Waals surface area contributed by atoms with Crippen LogP contribution in [0.25, 0.3) is 0 Å². The molecule has 3 heteroatoms. The number of fused-ring (bicyclic) bond motifs is 1. The van der Waals surface area contributed by atoms with Crippen molar-refractivity contribution in [3.8, 4) is 5.75 Å². The molecule has 100 valence electrons. The summed E-state index contributed by atoms with van der Waals surface area (Å²) in [6.45, 7) is 2.18. The number of hydrogen-bond donors (Lipinski definition) is 2. The van der Waals surface area contributed by atoms with Crippen LogP contribution in [0, 0.1) is 0 Å². The Morgan fingerprint density at radius 3 is 2.84 bits per heavy atom. The van der Waals surface area contributed by atoms with Crippen molar-refractivity contribution < 1.29 is 5.11 Å². The van der Waals surface area contributed by atoms with E-state index >= 15 is 0 Å². The first-order chi connectivity index (χ1) is 9.22. The van der Waals surface area contributed by atoms with Crippen molar-refractivity contribution in [2.45, 2.75) is 38.6 Å². The summed E-state index contributed by atoms with van der Waals surface area (Å²) in [5.74, 6) is 0.308. The highest BCUT2D eigenvalue weighted by Gasteiger charge is 2.16. The molecule has 2 N–H and O–H groups in total. The monoisotopic (exact) mass is 273 g/mol. The number of phenolic OH excluding ortho intramolecular Hbond substituents is 1. The molecule has 0 radical (unpaired) electrons. The Kier molecular flexibility index (Phi) is 3.47. The first-order valence-corrected chi connectivity index (χ1v) is 7.71. The first-order valence-electron chi connectivity index (χ1n) is 6.89. The summed E-state index contributed by atoms with van der Waals surface area (Å²) < 4.78 is 0. The average Bonchev–Trinajstić information content (AvgIpc) is 2.82. The van der Waals surface area contributed by atoms with Crippen LogP contribution in [-0.2, 0) is 12.8 Å². The van der Waals surface area contributed by atoms with Crippen molar-refractivity contribution in [3.05, 3.63) is 45.6 Å². The molecule has 1 aliphatic carbocycles. The van der Waals surface area contributed by atoms with Crippen LogP contribution in [0.2, 0.25) is 0 Å². The smallest absolute Gasteiger partial charge is 0.117 e. The molecule has 1 heterocycles. The van der Waals surface area contributed by atoms with Gasteiger partial charge in [-0.15, -0.1) is 11.3 Å². The fourth-order valence-electron chi connectivity index (χ4n) is 2.64. The third-order valence-electron chi connectivity index (χ3n) is 3.67. The van der Waals surface area contributed by atoms with Crippen LogP contribution in [0.4, 0.5) is 5.69 Å². The number of nitrogens with one attached hydrogen (secondary N) is 1. The van der Waals surface area contributed by atoms with Gasteiger partial charge in [0.1, 0.15) is 5.75 Å². The fourth-order valence-corrected chi connectivity index (χ4v) is 3.90. The maximum Gasteiger partial charge on any atom is 0.117 e. The van der Waals surface area contributed by atoms with Gasteiger partial charge in [-0.1, -0.05) is 6.07 Å². The predicted molar refractivity (Wildman–Crippen MR) is 81.1 cm³/mol. The normalized spacial score (nSPS) is 15.8. The quantitative estimate of drug-likeness (QED) is 0.862. The van der Waals surface area contributed by atoms with Crippen LogP contribution in [0.1, 0.15) is 41.1 Å². The second-order valence-corrected chi connectivity index (χ2v) is 6.39. The highest BCUT2D eigenvalue weighted by atomic mass is 32.1. The Bertz CT molecular complexity index is 552. The lowest BCUT2D eigenvalue weighted by Gasteiger charge is -2.13. The van der Waals surface area contributed by atoms with Crippen molar-refractivity contribution >= 4 is 17.0 Å². The maximum absolute atomic E-state index is 9.49. The van der Waals surface area contributed by atoms with Crippen molar-refractivity contribution in [2.75, 3.05) is 5.32 Å². The summed E-state index contributed by atoms with van der Waals surface area (Å²) >= 11 is 1.94. The summed E-state index contributed by atoms with van der Waals surface area (Å²) in [5.41, 5.74) is 2.52. The molecule has 0 bridgehead atoms. The topological polar surface area (TPSA) is 32.3 Å². The zero-order valence-electron chi connectivity index (χ0n) is 11.1. The van der Waals surface area contributed by atoms with Crippen molar-refractivity contribution in [2.24, 2.45) is 0 Å². The lowest BCUT2D eigenvalue weighted by Crippen LogP contribution is -2.04. The van der Waals surface area contributed by atoms with E-state index in [0.717, 1.165) is 5.69 Å². The largest absolute Gasteiger partial charge is 0.508 e. The number of hydrogen-bond acceptors (Lipinski definition) is 3. The Balaban J connectivity index is 1.76. The lowest BCUT2D eigenvalue weighted by molar-refractivity contribution is 0.475. The molecule has 1 aromatic carbocycles. The second kappa shape index (κ2) is 5.25. The molecule has 1 atom stereocenters. The van der Waals surface area contributed by atoms with E-state index in [2.05, 4.69) is 18.3 Å². The fraction of sp³-hybridized carbons (Fsp3) is 0.375. The van der Waals surface area contributed by atoms with Crippen LogP contribution in [-0.4, -0.2) is 5.11 Å². The Hall–Kier alpha value is -1.48. The summed E-state index contributed by atoms with van der Waals surface area (Å²) in [4.78, 5) is 2.97. The number of anilines is 1. The minimum Gasteiger partial charge on any atom is -0.508 e. The molecule has 0 spiro atoms. The Morgan fingerprint density at radius 2 is 2.05 bits per heavy atom. The predicted octanol–water partition coefficient (Wildman–Crippen LogP) is 4.51. The van der Waals surface area contributed by atoms with Gasteiger partial charge < -0.3 is 10.4 Å². The van der Waals surface area contributed by atoms with Crippen LogP contribution < -0.4 is 5.32 Å². The Morgan fingerprint density at radius 1 is 1.21 bits per heavy atom. The highest BCUT2D eigenvalue weighted by Crippen LogP contribution is 2.34. The SMILES string of the molecule is CC(Nc1cccc(O)c1)c1cc2c(s1)CCCC2. The van der Waals surface area contributed by atoms with E-state index in [1.165, 1.54) is 30.6 Å². The zero-order valence-corrected chi connectivity index (χ0v) is 12.0. The molecule has 1 aromatic heterocycles. The van der Waals surface area contributed by atoms with Gasteiger partial charge in [-0.05, 0) is 56.4 Å². The summed E-state index contributed by atoms with van der Waals surface area (Å²) in [6, 6.07) is 9.97. The molecule has 19 heavy (non-hydrogen) atoms. The third-order valence-corrected chi connectivity index (χ3v) is 5.09. The van der Waals surface area contributed by atoms with Gasteiger partial charge in [0.15, 0.2) is 0 Å². The average molecular weight is 273 g/mol. The standard InChI is InChI=1S/C16H19NOS/c1-11(17-13-6-4-7-14(18)10-13)16-9-12-5-2-3-8-15(12)19-16/h4,6-7,9-11,17-18H,2-3,5,8H2,1H3. The van der Waals surface area contributed by atoms with Crippen LogP contribution in [0.15, 0.2) is 30.3 Å². The molecule has 2 aromatic rings. The van der Waals surface area contributed by atoms with Gasteiger partial charge in [0.2, 0.25) is 0 Å². The number of benzene rings is 1. The second-order valence-electron chi connectivity index (χ2n) is 5.22. The molecule has 0 saturated carbocycles. The number of thiophene rings is 1. The van der Waals surface area contributed by atoms with Gasteiger partial charge >= 0.3 is 0 Å². The third kappa shape index (κ3) is 2.76. The van der Waals surface area contributed by atoms with Gasteiger partial charge in [0.05, 0.1) is 6.04 Å². The van der Waals surface area contributed by atoms with Crippen molar-refractivity contribution in [3.63, 3.8) is 0 Å². The van der Waals surface area contributed by atoms with Crippen LogP contribution in [0.3, 0.4) is 0 Å².